The molecule has 4 atom stereocenters. The van der Waals surface area contributed by atoms with Gasteiger partial charge in [-0.05, 0) is 57.8 Å². The molecule has 0 aromatic rings. The van der Waals surface area contributed by atoms with Crippen molar-refractivity contribution in [2.24, 2.45) is 5.92 Å². The summed E-state index contributed by atoms with van der Waals surface area (Å²) in [7, 11) is -5.95. The molecule has 0 amide bonds. The van der Waals surface area contributed by atoms with Crippen molar-refractivity contribution in [1.29, 1.82) is 0 Å². The van der Waals surface area contributed by atoms with Crippen LogP contribution < -0.4 is 0 Å². The molecule has 5 saturated carbocycles. The molecule has 0 heterocycles. The summed E-state index contributed by atoms with van der Waals surface area (Å²) in [5.41, 5.74) is -3.25. The summed E-state index contributed by atoms with van der Waals surface area (Å²) in [6.07, 6.45) is 7.50. The van der Waals surface area contributed by atoms with Crippen molar-refractivity contribution in [3.8, 4) is 0 Å². The summed E-state index contributed by atoms with van der Waals surface area (Å²) < 4.78 is 78.6. The van der Waals surface area contributed by atoms with Crippen LogP contribution >= 0.6 is 0 Å². The maximum atomic E-state index is 13.3. The van der Waals surface area contributed by atoms with Crippen molar-refractivity contribution in [2.45, 2.75) is 105 Å². The molecule has 5 rings (SSSR count). The largest absolute Gasteiger partial charge is 0.465 e. The average molecular weight is 541 g/mol. The van der Waals surface area contributed by atoms with Crippen LogP contribution in [0.15, 0.2) is 0 Å². The third kappa shape index (κ3) is 5.69. The molecule has 13 heteroatoms. The Morgan fingerprint density at radius 3 is 2.17 bits per heavy atom. The maximum absolute atomic E-state index is 13.3. The predicted octanol–water partition coefficient (Wildman–Crippen LogP) is 2.52. The second-order valence-corrected chi connectivity index (χ2v) is 12.8. The lowest BCUT2D eigenvalue weighted by Crippen LogP contribution is -2.67. The van der Waals surface area contributed by atoms with Gasteiger partial charge in [-0.15, -0.1) is 0 Å². The summed E-state index contributed by atoms with van der Waals surface area (Å²) in [6, 6.07) is 0. The van der Waals surface area contributed by atoms with Crippen molar-refractivity contribution in [3.05, 3.63) is 0 Å². The van der Waals surface area contributed by atoms with E-state index in [-0.39, 0.29) is 25.6 Å². The highest BCUT2D eigenvalue weighted by atomic mass is 32.2. The standard InChI is InChI=1S/C23H34F2O10S/c1-19(5-3-2-4-6-19)35-17(26)12-34-22-11-16-9-20(28,14-22)13-21(10-16,15-22)33-8-7-32-18(27)23(24,25)36(29,30)31/h16,28H,2-15H2,1H3,(H,29,30,31). The highest BCUT2D eigenvalue weighted by Crippen LogP contribution is 2.61. The Morgan fingerprint density at radius 2 is 1.58 bits per heavy atom. The van der Waals surface area contributed by atoms with Gasteiger partial charge in [-0.25, -0.2) is 9.59 Å². The number of carbonyl (C=O) groups is 2. The summed E-state index contributed by atoms with van der Waals surface area (Å²) >= 11 is 0. The predicted molar refractivity (Wildman–Crippen MR) is 119 cm³/mol. The molecule has 4 bridgehead atoms. The van der Waals surface area contributed by atoms with Gasteiger partial charge < -0.3 is 24.1 Å². The van der Waals surface area contributed by atoms with Gasteiger partial charge in [0.15, 0.2) is 0 Å². The Bertz CT molecular complexity index is 981. The lowest BCUT2D eigenvalue weighted by Gasteiger charge is -2.64. The number of carbonyl (C=O) groups excluding carboxylic acids is 2. The number of aliphatic hydroxyl groups is 1. The first-order valence-corrected chi connectivity index (χ1v) is 13.8. The molecule has 0 aromatic carbocycles. The van der Waals surface area contributed by atoms with E-state index in [0.29, 0.717) is 32.1 Å². The fourth-order valence-electron chi connectivity index (χ4n) is 7.03. The zero-order chi connectivity index (χ0) is 26.5. The second-order valence-electron chi connectivity index (χ2n) is 11.3. The second kappa shape index (κ2) is 9.40. The van der Waals surface area contributed by atoms with Crippen LogP contribution in [-0.2, 0) is 38.7 Å². The van der Waals surface area contributed by atoms with Crippen LogP contribution in [-0.4, -0.2) is 77.5 Å². The smallest absolute Gasteiger partial charge is 0.458 e. The zero-order valence-corrected chi connectivity index (χ0v) is 21.1. The highest BCUT2D eigenvalue weighted by molar-refractivity contribution is 7.87. The molecule has 0 aliphatic heterocycles. The fraction of sp³-hybridized carbons (Fsp3) is 0.913. The van der Waals surface area contributed by atoms with Gasteiger partial charge in [0.25, 0.3) is 0 Å². The number of alkyl halides is 2. The number of ether oxygens (including phenoxy) is 4. The van der Waals surface area contributed by atoms with E-state index >= 15 is 0 Å². The van der Waals surface area contributed by atoms with Gasteiger partial charge in [0.05, 0.1) is 23.4 Å². The highest BCUT2D eigenvalue weighted by Gasteiger charge is 2.64. The molecular weight excluding hydrogens is 506 g/mol. The van der Waals surface area contributed by atoms with E-state index in [1.54, 1.807) is 0 Å². The lowest BCUT2D eigenvalue weighted by atomic mass is 9.50. The normalized spacial score (nSPS) is 35.4. The Balaban J connectivity index is 1.34. The molecule has 5 aliphatic rings. The molecule has 0 saturated heterocycles. The van der Waals surface area contributed by atoms with Crippen LogP contribution in [0.4, 0.5) is 8.78 Å². The van der Waals surface area contributed by atoms with E-state index in [0.717, 1.165) is 32.1 Å². The number of rotatable bonds is 10. The Labute approximate surface area is 208 Å². The van der Waals surface area contributed by atoms with Gasteiger partial charge in [0.2, 0.25) is 0 Å². The van der Waals surface area contributed by atoms with Gasteiger partial charge in [-0.1, -0.05) is 6.42 Å². The van der Waals surface area contributed by atoms with Crippen LogP contribution in [0.5, 0.6) is 0 Å². The summed E-state index contributed by atoms with van der Waals surface area (Å²) in [5.74, 6) is -2.80. The number of hydrogen-bond donors (Lipinski definition) is 2. The molecule has 2 N–H and O–H groups in total. The molecular formula is C23H34F2O10S. The molecule has 5 fully saturated rings. The van der Waals surface area contributed by atoms with Crippen LogP contribution in [0.3, 0.4) is 0 Å². The van der Waals surface area contributed by atoms with Gasteiger partial charge in [0.1, 0.15) is 18.8 Å². The third-order valence-corrected chi connectivity index (χ3v) is 8.81. The van der Waals surface area contributed by atoms with E-state index in [2.05, 4.69) is 4.74 Å². The topological polar surface area (TPSA) is 146 Å². The number of hydrogen-bond acceptors (Lipinski definition) is 9. The van der Waals surface area contributed by atoms with Crippen LogP contribution in [0.1, 0.15) is 77.6 Å². The van der Waals surface area contributed by atoms with Gasteiger partial charge in [0, 0.05) is 19.3 Å². The van der Waals surface area contributed by atoms with Crippen LogP contribution in [0.25, 0.3) is 0 Å². The van der Waals surface area contributed by atoms with E-state index in [9.17, 15) is 31.9 Å². The zero-order valence-electron chi connectivity index (χ0n) is 20.3. The van der Waals surface area contributed by atoms with Crippen molar-refractivity contribution in [1.82, 2.24) is 0 Å². The van der Waals surface area contributed by atoms with Gasteiger partial charge in [-0.2, -0.15) is 17.2 Å². The molecule has 206 valence electrons. The summed E-state index contributed by atoms with van der Waals surface area (Å²) in [4.78, 5) is 24.0. The monoisotopic (exact) mass is 540 g/mol. The Kier molecular flexibility index (Phi) is 7.22. The van der Waals surface area contributed by atoms with Crippen molar-refractivity contribution >= 4 is 22.1 Å². The van der Waals surface area contributed by atoms with E-state index in [1.807, 2.05) is 6.92 Å². The molecule has 0 spiro atoms. The maximum Gasteiger partial charge on any atom is 0.465 e. The molecule has 4 unspecified atom stereocenters. The first kappa shape index (κ1) is 27.6. The van der Waals surface area contributed by atoms with Crippen LogP contribution in [0, 0.1) is 5.92 Å². The van der Waals surface area contributed by atoms with Crippen molar-refractivity contribution in [2.75, 3.05) is 19.8 Å². The first-order chi connectivity index (χ1) is 16.6. The lowest BCUT2D eigenvalue weighted by molar-refractivity contribution is -0.282. The fourth-order valence-corrected chi connectivity index (χ4v) is 7.30. The minimum absolute atomic E-state index is 0.0598. The van der Waals surface area contributed by atoms with Crippen molar-refractivity contribution in [3.63, 3.8) is 0 Å². The van der Waals surface area contributed by atoms with Gasteiger partial charge in [-0.3, -0.25) is 4.55 Å². The van der Waals surface area contributed by atoms with Crippen LogP contribution in [0.2, 0.25) is 0 Å². The third-order valence-electron chi connectivity index (χ3n) is 7.99. The molecule has 5 aliphatic carbocycles. The quantitative estimate of drug-likeness (QED) is 0.241. The van der Waals surface area contributed by atoms with E-state index < -0.39 is 56.3 Å². The van der Waals surface area contributed by atoms with E-state index in [1.165, 1.54) is 0 Å². The molecule has 36 heavy (non-hydrogen) atoms. The van der Waals surface area contributed by atoms with Crippen molar-refractivity contribution < 1.29 is 55.4 Å². The number of esters is 2. The Morgan fingerprint density at radius 1 is 0.972 bits per heavy atom. The summed E-state index contributed by atoms with van der Waals surface area (Å²) in [5, 5.41) is 6.11. The molecule has 0 aromatic heterocycles. The minimum Gasteiger partial charge on any atom is -0.458 e. The Hall–Kier alpha value is -1.41. The molecule has 10 nitrogen and oxygen atoms in total. The van der Waals surface area contributed by atoms with E-state index in [4.69, 9.17) is 18.8 Å². The SMILES string of the molecule is CC1(OC(=O)COC23CC4CC(O)(CC(OCCOC(=O)C(F)(F)S(=O)(=O)O)(C4)C2)C3)CCCCC1. The molecule has 0 radical (unpaired) electrons. The summed E-state index contributed by atoms with van der Waals surface area (Å²) in [6.45, 7) is 0.677. The first-order valence-electron chi connectivity index (χ1n) is 12.3. The number of halogens is 2. The average Bonchev–Trinajstić information content (AvgIpc) is 2.73. The minimum atomic E-state index is -5.95. The van der Waals surface area contributed by atoms with Gasteiger partial charge >= 0.3 is 27.3 Å².